The van der Waals surface area contributed by atoms with Crippen LogP contribution in [-0.2, 0) is 11.3 Å². The van der Waals surface area contributed by atoms with E-state index >= 15 is 0 Å². The summed E-state index contributed by atoms with van der Waals surface area (Å²) >= 11 is 0. The van der Waals surface area contributed by atoms with E-state index in [0.717, 1.165) is 31.9 Å². The third kappa shape index (κ3) is 2.86. The second-order valence-electron chi connectivity index (χ2n) is 4.67. The summed E-state index contributed by atoms with van der Waals surface area (Å²) in [6.45, 7) is 8.08. The molecule has 1 aliphatic heterocycles. The average Bonchev–Trinajstić information content (AvgIpc) is 2.39. The summed E-state index contributed by atoms with van der Waals surface area (Å²) in [5, 5.41) is 9.17. The molecule has 94 valence electrons. The van der Waals surface area contributed by atoms with Crippen LogP contribution in [0.5, 0.6) is 0 Å². The molecule has 0 bridgehead atoms. The minimum absolute atomic E-state index is 0.123. The third-order valence-electron chi connectivity index (χ3n) is 3.61. The molecule has 1 aromatic carbocycles. The number of rotatable bonds is 3. The smallest absolute Gasteiger partial charge is 0.0684 e. The van der Waals surface area contributed by atoms with Gasteiger partial charge in [-0.05, 0) is 30.5 Å². The van der Waals surface area contributed by atoms with Crippen molar-refractivity contribution in [3.63, 3.8) is 0 Å². The highest BCUT2D eigenvalue weighted by atomic mass is 16.5. The van der Waals surface area contributed by atoms with Gasteiger partial charge in [-0.2, -0.15) is 0 Å². The highest BCUT2D eigenvalue weighted by Gasteiger charge is 2.18. The quantitative estimate of drug-likeness (QED) is 0.868. The summed E-state index contributed by atoms with van der Waals surface area (Å²) in [5.41, 5.74) is 3.51. The third-order valence-corrected chi connectivity index (χ3v) is 3.61. The lowest BCUT2D eigenvalue weighted by Crippen LogP contribution is -2.38. The van der Waals surface area contributed by atoms with Crippen LogP contribution >= 0.6 is 0 Å². The van der Waals surface area contributed by atoms with Crippen molar-refractivity contribution in [1.29, 1.82) is 0 Å². The van der Waals surface area contributed by atoms with Gasteiger partial charge in [0.25, 0.3) is 0 Å². The Balaban J connectivity index is 2.12. The van der Waals surface area contributed by atoms with Crippen LogP contribution in [0.25, 0.3) is 0 Å². The SMILES string of the molecule is Cc1cc(C(C)N2CCOCC2)ccc1CO. The van der Waals surface area contributed by atoms with E-state index in [1.807, 2.05) is 6.07 Å². The van der Waals surface area contributed by atoms with Crippen LogP contribution < -0.4 is 0 Å². The number of ether oxygens (including phenoxy) is 1. The first-order valence-corrected chi connectivity index (χ1v) is 6.24. The minimum Gasteiger partial charge on any atom is -0.392 e. The van der Waals surface area contributed by atoms with E-state index in [2.05, 4.69) is 30.9 Å². The summed E-state index contributed by atoms with van der Waals surface area (Å²) in [5.74, 6) is 0. The highest BCUT2D eigenvalue weighted by Crippen LogP contribution is 2.23. The molecule has 1 atom stereocenters. The first-order chi connectivity index (χ1) is 8.22. The molecule has 1 aliphatic rings. The van der Waals surface area contributed by atoms with Crippen LogP contribution in [0, 0.1) is 6.92 Å². The molecule has 0 radical (unpaired) electrons. The van der Waals surface area contributed by atoms with E-state index in [-0.39, 0.29) is 6.61 Å². The molecule has 0 aliphatic carbocycles. The maximum absolute atomic E-state index is 9.17. The van der Waals surface area contributed by atoms with Gasteiger partial charge in [-0.25, -0.2) is 0 Å². The summed E-state index contributed by atoms with van der Waals surface area (Å²) in [6.07, 6.45) is 0. The van der Waals surface area contributed by atoms with Crippen molar-refractivity contribution < 1.29 is 9.84 Å². The highest BCUT2D eigenvalue weighted by molar-refractivity contribution is 5.32. The van der Waals surface area contributed by atoms with Gasteiger partial charge in [0.1, 0.15) is 0 Å². The molecule has 0 saturated carbocycles. The van der Waals surface area contributed by atoms with Crippen LogP contribution in [0.4, 0.5) is 0 Å². The molecule has 1 heterocycles. The van der Waals surface area contributed by atoms with Crippen LogP contribution in [0.15, 0.2) is 18.2 Å². The lowest BCUT2D eigenvalue weighted by molar-refractivity contribution is 0.0198. The second kappa shape index (κ2) is 5.63. The maximum Gasteiger partial charge on any atom is 0.0684 e. The molecule has 1 fully saturated rings. The van der Waals surface area contributed by atoms with E-state index in [9.17, 15) is 0 Å². The second-order valence-corrected chi connectivity index (χ2v) is 4.67. The molecular weight excluding hydrogens is 214 g/mol. The molecular formula is C14H21NO2. The molecule has 0 spiro atoms. The Morgan fingerprint density at radius 2 is 2.06 bits per heavy atom. The lowest BCUT2D eigenvalue weighted by atomic mass is 10.0. The van der Waals surface area contributed by atoms with Crippen molar-refractivity contribution in [2.45, 2.75) is 26.5 Å². The number of aliphatic hydroxyl groups excluding tert-OH is 1. The van der Waals surface area contributed by atoms with Crippen molar-refractivity contribution in [2.24, 2.45) is 0 Å². The van der Waals surface area contributed by atoms with Gasteiger partial charge >= 0.3 is 0 Å². The lowest BCUT2D eigenvalue weighted by Gasteiger charge is -2.32. The number of hydrogen-bond donors (Lipinski definition) is 1. The summed E-state index contributed by atoms with van der Waals surface area (Å²) in [7, 11) is 0. The maximum atomic E-state index is 9.17. The molecule has 0 aromatic heterocycles. The fraction of sp³-hybridized carbons (Fsp3) is 0.571. The normalized spacial score (nSPS) is 19.2. The number of benzene rings is 1. The molecule has 0 amide bonds. The Bertz CT molecular complexity index is 372. The van der Waals surface area contributed by atoms with Gasteiger partial charge < -0.3 is 9.84 Å². The van der Waals surface area contributed by atoms with Crippen LogP contribution in [0.1, 0.15) is 29.7 Å². The first kappa shape index (κ1) is 12.6. The van der Waals surface area contributed by atoms with Crippen LogP contribution in [-0.4, -0.2) is 36.3 Å². The molecule has 1 aromatic rings. The molecule has 3 nitrogen and oxygen atoms in total. The fourth-order valence-corrected chi connectivity index (χ4v) is 2.33. The summed E-state index contributed by atoms with van der Waals surface area (Å²) in [4.78, 5) is 2.44. The van der Waals surface area contributed by atoms with Gasteiger partial charge in [0, 0.05) is 19.1 Å². The van der Waals surface area contributed by atoms with Crippen molar-refractivity contribution >= 4 is 0 Å². The van der Waals surface area contributed by atoms with E-state index in [1.54, 1.807) is 0 Å². The monoisotopic (exact) mass is 235 g/mol. The Morgan fingerprint density at radius 1 is 1.35 bits per heavy atom. The Hall–Kier alpha value is -0.900. The van der Waals surface area contributed by atoms with Crippen molar-refractivity contribution in [1.82, 2.24) is 4.90 Å². The van der Waals surface area contributed by atoms with Gasteiger partial charge in [-0.15, -0.1) is 0 Å². The summed E-state index contributed by atoms with van der Waals surface area (Å²) < 4.78 is 5.37. The van der Waals surface area contributed by atoms with Crippen molar-refractivity contribution in [3.8, 4) is 0 Å². The van der Waals surface area contributed by atoms with Gasteiger partial charge in [-0.1, -0.05) is 18.2 Å². The van der Waals surface area contributed by atoms with Gasteiger partial charge in [0.2, 0.25) is 0 Å². The molecule has 3 heteroatoms. The number of hydrogen-bond acceptors (Lipinski definition) is 3. The zero-order chi connectivity index (χ0) is 12.3. The molecule has 1 unspecified atom stereocenters. The number of nitrogens with zero attached hydrogens (tertiary/aromatic N) is 1. The Morgan fingerprint density at radius 3 is 2.65 bits per heavy atom. The standard InChI is InChI=1S/C14H21NO2/c1-11-9-13(3-4-14(11)10-16)12(2)15-5-7-17-8-6-15/h3-4,9,12,16H,5-8,10H2,1-2H3. The van der Waals surface area contributed by atoms with E-state index in [4.69, 9.17) is 9.84 Å². The van der Waals surface area contributed by atoms with E-state index in [0.29, 0.717) is 6.04 Å². The van der Waals surface area contributed by atoms with Gasteiger partial charge in [0.15, 0.2) is 0 Å². The van der Waals surface area contributed by atoms with Gasteiger partial charge in [-0.3, -0.25) is 4.90 Å². The zero-order valence-electron chi connectivity index (χ0n) is 10.6. The number of aryl methyl sites for hydroxylation is 1. The minimum atomic E-state index is 0.123. The fourth-order valence-electron chi connectivity index (χ4n) is 2.33. The Labute approximate surface area is 103 Å². The first-order valence-electron chi connectivity index (χ1n) is 6.24. The largest absolute Gasteiger partial charge is 0.392 e. The predicted octanol–water partition coefficient (Wildman–Crippen LogP) is 1.88. The number of aliphatic hydroxyl groups is 1. The number of morpholine rings is 1. The topological polar surface area (TPSA) is 32.7 Å². The Kier molecular flexibility index (Phi) is 4.15. The van der Waals surface area contributed by atoms with Crippen molar-refractivity contribution in [3.05, 3.63) is 34.9 Å². The van der Waals surface area contributed by atoms with Crippen molar-refractivity contribution in [2.75, 3.05) is 26.3 Å². The van der Waals surface area contributed by atoms with Crippen LogP contribution in [0.3, 0.4) is 0 Å². The zero-order valence-corrected chi connectivity index (χ0v) is 10.6. The summed E-state index contributed by atoms with van der Waals surface area (Å²) in [6, 6.07) is 6.76. The molecule has 2 rings (SSSR count). The average molecular weight is 235 g/mol. The predicted molar refractivity (Wildman–Crippen MR) is 67.9 cm³/mol. The van der Waals surface area contributed by atoms with E-state index < -0.39 is 0 Å². The molecule has 1 N–H and O–H groups in total. The van der Waals surface area contributed by atoms with Crippen LogP contribution in [0.2, 0.25) is 0 Å². The molecule has 17 heavy (non-hydrogen) atoms. The molecule has 1 saturated heterocycles. The van der Waals surface area contributed by atoms with E-state index in [1.165, 1.54) is 11.1 Å². The van der Waals surface area contributed by atoms with Gasteiger partial charge in [0.05, 0.1) is 19.8 Å².